The van der Waals surface area contributed by atoms with Crippen molar-refractivity contribution in [1.82, 2.24) is 4.90 Å². The van der Waals surface area contributed by atoms with Crippen molar-refractivity contribution in [3.63, 3.8) is 0 Å². The minimum absolute atomic E-state index is 0.0996. The van der Waals surface area contributed by atoms with Crippen molar-refractivity contribution < 1.29 is 33.8 Å². The molecular weight excluding hydrogens is 418 g/mol. The van der Waals surface area contributed by atoms with Crippen LogP contribution in [0.25, 0.3) is 0 Å². The molecule has 0 aliphatic carbocycles. The van der Waals surface area contributed by atoms with Gasteiger partial charge in [-0.15, -0.1) is 0 Å². The van der Waals surface area contributed by atoms with E-state index in [0.29, 0.717) is 17.2 Å². The van der Waals surface area contributed by atoms with E-state index in [1.54, 1.807) is 24.3 Å². The first-order valence-corrected chi connectivity index (χ1v) is 9.98. The van der Waals surface area contributed by atoms with Crippen LogP contribution in [-0.2, 0) is 24.6 Å². The molecule has 0 saturated carbocycles. The molecule has 2 aromatic carbocycles. The zero-order valence-electron chi connectivity index (χ0n) is 16.8. The summed E-state index contributed by atoms with van der Waals surface area (Å²) in [5.41, 5.74) is 4.87. The average Bonchev–Trinajstić information content (AvgIpc) is 3.14. The fourth-order valence-corrected chi connectivity index (χ4v) is 4.54. The molecule has 2 unspecified atom stereocenters. The van der Waals surface area contributed by atoms with Crippen LogP contribution in [0.2, 0.25) is 0 Å². The predicted octanol–water partition coefficient (Wildman–Crippen LogP) is 0.537. The van der Waals surface area contributed by atoms with Gasteiger partial charge < -0.3 is 20.3 Å². The number of hydrogen-bond donors (Lipinski definition) is 2. The number of imide groups is 1. The molecule has 0 aromatic heterocycles. The number of aliphatic carboxylic acids is 1. The number of nitrogen functional groups attached to an aromatic ring is 1. The van der Waals surface area contributed by atoms with Crippen LogP contribution in [0.3, 0.4) is 0 Å². The lowest BCUT2D eigenvalue weighted by atomic mass is 9.80. The molecule has 3 N–H and O–H groups in total. The van der Waals surface area contributed by atoms with Crippen molar-refractivity contribution in [3.05, 3.63) is 48.0 Å². The number of likely N-dealkylation sites (tertiary alicyclic amines) is 1. The summed E-state index contributed by atoms with van der Waals surface area (Å²) in [6.45, 7) is -0.601. The summed E-state index contributed by atoms with van der Waals surface area (Å²) in [4.78, 5) is 53.2. The van der Waals surface area contributed by atoms with Crippen LogP contribution in [0.1, 0.15) is 12.0 Å². The summed E-state index contributed by atoms with van der Waals surface area (Å²) in [6, 6.07) is 11.5. The molecule has 0 radical (unpaired) electrons. The molecule has 3 aliphatic heterocycles. The molecule has 2 atom stereocenters. The first-order chi connectivity index (χ1) is 15.3. The summed E-state index contributed by atoms with van der Waals surface area (Å²) in [5.74, 6) is -2.17. The highest BCUT2D eigenvalue weighted by Gasteiger charge is 2.64. The number of amides is 3. The zero-order valence-corrected chi connectivity index (χ0v) is 16.8. The molecule has 1 fully saturated rings. The highest BCUT2D eigenvalue weighted by molar-refractivity contribution is 6.29. The molecule has 3 aliphatic rings. The molecule has 2 aromatic rings. The van der Waals surface area contributed by atoms with Crippen LogP contribution in [0.5, 0.6) is 11.5 Å². The van der Waals surface area contributed by atoms with Gasteiger partial charge in [-0.1, -0.05) is 12.1 Å². The minimum atomic E-state index is -1.83. The number of ether oxygens (including phenoxy) is 2. The Morgan fingerprint density at radius 3 is 2.56 bits per heavy atom. The van der Waals surface area contributed by atoms with E-state index < -0.39 is 48.2 Å². The first kappa shape index (κ1) is 19.9. The topological polar surface area (TPSA) is 139 Å². The van der Waals surface area contributed by atoms with Gasteiger partial charge in [-0.25, -0.2) is 0 Å². The number of anilines is 2. The number of rotatable bonds is 4. The minimum Gasteiger partial charge on any atom is -0.486 e. The lowest BCUT2D eigenvalue weighted by Crippen LogP contribution is -2.49. The quantitative estimate of drug-likeness (QED) is 0.401. The number of nitrogens with zero attached hydrogens (tertiary/aromatic N) is 2. The van der Waals surface area contributed by atoms with Gasteiger partial charge >= 0.3 is 5.97 Å². The summed E-state index contributed by atoms with van der Waals surface area (Å²) in [7, 11) is 0. The number of para-hydroxylation sites is 2. The second-order valence-corrected chi connectivity index (χ2v) is 7.95. The fraction of sp³-hybridized carbons (Fsp3) is 0.273. The third-order valence-electron chi connectivity index (χ3n) is 5.96. The van der Waals surface area contributed by atoms with Crippen LogP contribution >= 0.6 is 0 Å². The van der Waals surface area contributed by atoms with Gasteiger partial charge in [0.2, 0.25) is 17.7 Å². The van der Waals surface area contributed by atoms with Crippen LogP contribution in [0.4, 0.5) is 11.4 Å². The molecule has 1 saturated heterocycles. The van der Waals surface area contributed by atoms with Crippen molar-refractivity contribution in [3.8, 4) is 11.5 Å². The third-order valence-corrected chi connectivity index (χ3v) is 5.96. The summed E-state index contributed by atoms with van der Waals surface area (Å²) >= 11 is 0. The van der Waals surface area contributed by atoms with Gasteiger partial charge in [-0.3, -0.25) is 29.0 Å². The van der Waals surface area contributed by atoms with Crippen molar-refractivity contribution in [1.29, 1.82) is 0 Å². The molecule has 5 rings (SSSR count). The van der Waals surface area contributed by atoms with Gasteiger partial charge in [-0.05, 0) is 30.3 Å². The lowest BCUT2D eigenvalue weighted by Gasteiger charge is -2.29. The average molecular weight is 437 g/mol. The van der Waals surface area contributed by atoms with Crippen molar-refractivity contribution >= 4 is 35.1 Å². The molecular formula is C22H19N3O7. The molecule has 0 bridgehead atoms. The second kappa shape index (κ2) is 6.98. The van der Waals surface area contributed by atoms with Gasteiger partial charge in [0.1, 0.15) is 13.2 Å². The van der Waals surface area contributed by atoms with E-state index in [1.807, 2.05) is 0 Å². The normalized spacial score (nSPS) is 23.8. The molecule has 32 heavy (non-hydrogen) atoms. The number of carboxylic acid groups (broad SMARTS) is 1. The number of carbonyl (C=O) groups is 4. The number of fused-ring (bicyclic) bond motifs is 3. The predicted molar refractivity (Wildman–Crippen MR) is 110 cm³/mol. The van der Waals surface area contributed by atoms with E-state index in [9.17, 15) is 24.3 Å². The van der Waals surface area contributed by atoms with E-state index in [4.69, 9.17) is 15.2 Å². The Bertz CT molecular complexity index is 1180. The maximum atomic E-state index is 13.5. The van der Waals surface area contributed by atoms with Crippen LogP contribution in [0, 0.1) is 0 Å². The Morgan fingerprint density at radius 1 is 1.09 bits per heavy atom. The molecule has 1 spiro atoms. The zero-order chi connectivity index (χ0) is 22.6. The standard InChI is InChI=1S/C22H19N3O7/c23-12-5-6-15-14(7-12)22(20(29)24(15)10-19(27)28)8-18(26)25(21(22)30)9-13-11-31-16-3-1-2-4-17(16)32-13/h1-7,13H,8-11,23H2,(H,27,28). The fourth-order valence-electron chi connectivity index (χ4n) is 4.54. The maximum absolute atomic E-state index is 13.5. The van der Waals surface area contributed by atoms with E-state index in [-0.39, 0.29) is 24.4 Å². The van der Waals surface area contributed by atoms with Crippen LogP contribution in [-0.4, -0.2) is 59.5 Å². The monoisotopic (exact) mass is 437 g/mol. The van der Waals surface area contributed by atoms with Gasteiger partial charge in [0, 0.05) is 16.9 Å². The molecule has 164 valence electrons. The number of benzene rings is 2. The summed E-state index contributed by atoms with van der Waals surface area (Å²) in [5, 5.41) is 9.26. The summed E-state index contributed by atoms with van der Waals surface area (Å²) < 4.78 is 11.5. The van der Waals surface area contributed by atoms with Crippen LogP contribution < -0.4 is 20.1 Å². The van der Waals surface area contributed by atoms with Crippen molar-refractivity contribution in [2.24, 2.45) is 0 Å². The Hall–Kier alpha value is -4.08. The number of hydrogen-bond acceptors (Lipinski definition) is 7. The third kappa shape index (κ3) is 2.79. The van der Waals surface area contributed by atoms with E-state index >= 15 is 0 Å². The van der Waals surface area contributed by atoms with Gasteiger partial charge in [-0.2, -0.15) is 0 Å². The van der Waals surface area contributed by atoms with Gasteiger partial charge in [0.25, 0.3) is 0 Å². The smallest absolute Gasteiger partial charge is 0.323 e. The molecule has 3 amide bonds. The van der Waals surface area contributed by atoms with E-state index in [1.165, 1.54) is 18.2 Å². The molecule has 10 nitrogen and oxygen atoms in total. The van der Waals surface area contributed by atoms with Crippen molar-refractivity contribution in [2.75, 3.05) is 30.3 Å². The number of carboxylic acids is 1. The Kier molecular flexibility index (Phi) is 4.33. The van der Waals surface area contributed by atoms with E-state index in [2.05, 4.69) is 0 Å². The maximum Gasteiger partial charge on any atom is 0.323 e. The SMILES string of the molecule is Nc1ccc2c(c1)C1(CC(=O)N(CC3COc4ccccc4O3)C1=O)C(=O)N2CC(=O)O. The van der Waals surface area contributed by atoms with Crippen molar-refractivity contribution in [2.45, 2.75) is 17.9 Å². The molecule has 10 heteroatoms. The number of carbonyl (C=O) groups excluding carboxylic acids is 3. The lowest BCUT2D eigenvalue weighted by molar-refractivity contribution is -0.144. The van der Waals surface area contributed by atoms with E-state index in [0.717, 1.165) is 9.80 Å². The highest BCUT2D eigenvalue weighted by atomic mass is 16.6. The number of nitrogens with two attached hydrogens (primary N) is 1. The largest absolute Gasteiger partial charge is 0.486 e. The Morgan fingerprint density at radius 2 is 1.81 bits per heavy atom. The Labute approximate surface area is 182 Å². The summed E-state index contributed by atoms with van der Waals surface area (Å²) in [6.07, 6.45) is -1.01. The highest BCUT2D eigenvalue weighted by Crippen LogP contribution is 2.49. The van der Waals surface area contributed by atoms with Gasteiger partial charge in [0.15, 0.2) is 23.0 Å². The Balaban J connectivity index is 1.47. The molecule has 3 heterocycles. The second-order valence-electron chi connectivity index (χ2n) is 7.95. The van der Waals surface area contributed by atoms with Gasteiger partial charge in [0.05, 0.1) is 13.0 Å². The first-order valence-electron chi connectivity index (χ1n) is 9.98. The van der Waals surface area contributed by atoms with Crippen LogP contribution in [0.15, 0.2) is 42.5 Å².